The van der Waals surface area contributed by atoms with Crippen molar-refractivity contribution in [3.05, 3.63) is 35.9 Å². The monoisotopic (exact) mass is 235 g/mol. The summed E-state index contributed by atoms with van der Waals surface area (Å²) in [6.45, 7) is 4.98. The quantitative estimate of drug-likeness (QED) is 0.769. The minimum absolute atomic E-state index is 0.155. The van der Waals surface area contributed by atoms with Crippen LogP contribution in [0.1, 0.15) is 25.8 Å². The van der Waals surface area contributed by atoms with Gasteiger partial charge in [0.15, 0.2) is 0 Å². The summed E-state index contributed by atoms with van der Waals surface area (Å²) in [6, 6.07) is 10.3. The highest BCUT2D eigenvalue weighted by atomic mass is 16.5. The van der Waals surface area contributed by atoms with Gasteiger partial charge in [0.1, 0.15) is 0 Å². The molecule has 0 aromatic heterocycles. The first-order valence-corrected chi connectivity index (χ1v) is 5.97. The second kappa shape index (κ2) is 7.07. The summed E-state index contributed by atoms with van der Waals surface area (Å²) in [4.78, 5) is 11.3. The van der Waals surface area contributed by atoms with Crippen molar-refractivity contribution in [2.45, 2.75) is 32.9 Å². The Bertz CT molecular complexity index is 335. The van der Waals surface area contributed by atoms with Gasteiger partial charge in [-0.2, -0.15) is 0 Å². The van der Waals surface area contributed by atoms with Crippen molar-refractivity contribution < 1.29 is 9.53 Å². The molecule has 0 aliphatic heterocycles. The number of carbonyl (C=O) groups excluding carboxylic acids is 1. The van der Waals surface area contributed by atoms with E-state index in [0.717, 1.165) is 6.54 Å². The molecular weight excluding hydrogens is 214 g/mol. The fourth-order valence-electron chi connectivity index (χ4n) is 1.65. The lowest BCUT2D eigenvalue weighted by Crippen LogP contribution is -2.35. The van der Waals surface area contributed by atoms with Gasteiger partial charge in [-0.3, -0.25) is 4.79 Å². The van der Waals surface area contributed by atoms with Gasteiger partial charge in [0.25, 0.3) is 0 Å². The second-order valence-electron chi connectivity index (χ2n) is 4.50. The van der Waals surface area contributed by atoms with Crippen molar-refractivity contribution in [1.29, 1.82) is 0 Å². The molecule has 0 aliphatic carbocycles. The van der Waals surface area contributed by atoms with Gasteiger partial charge in [0.05, 0.1) is 13.5 Å². The number of hydrogen-bond acceptors (Lipinski definition) is 3. The molecule has 0 heterocycles. The smallest absolute Gasteiger partial charge is 0.307 e. The molecule has 94 valence electrons. The molecular formula is C14H21NO2. The molecule has 3 nitrogen and oxygen atoms in total. The van der Waals surface area contributed by atoms with Crippen molar-refractivity contribution in [2.75, 3.05) is 7.11 Å². The van der Waals surface area contributed by atoms with Crippen LogP contribution in [0.5, 0.6) is 0 Å². The number of esters is 1. The molecule has 0 bridgehead atoms. The lowest BCUT2D eigenvalue weighted by atomic mass is 10.0. The van der Waals surface area contributed by atoms with Crippen LogP contribution in [0.4, 0.5) is 0 Å². The zero-order chi connectivity index (χ0) is 12.7. The Hall–Kier alpha value is -1.35. The molecule has 1 aromatic rings. The van der Waals surface area contributed by atoms with Gasteiger partial charge in [0, 0.05) is 12.6 Å². The van der Waals surface area contributed by atoms with Crippen LogP contribution in [0, 0.1) is 5.92 Å². The van der Waals surface area contributed by atoms with Crippen LogP contribution in [0.3, 0.4) is 0 Å². The normalized spacial score (nSPS) is 12.5. The second-order valence-corrected chi connectivity index (χ2v) is 4.50. The average molecular weight is 235 g/mol. The van der Waals surface area contributed by atoms with E-state index in [4.69, 9.17) is 4.74 Å². The number of methoxy groups -OCH3 is 1. The van der Waals surface area contributed by atoms with Crippen LogP contribution in [-0.2, 0) is 16.1 Å². The molecule has 1 N–H and O–H groups in total. The third-order valence-corrected chi connectivity index (χ3v) is 2.83. The molecule has 0 saturated heterocycles. The Labute approximate surface area is 103 Å². The molecule has 1 atom stereocenters. The molecule has 1 unspecified atom stereocenters. The molecule has 1 aromatic carbocycles. The largest absolute Gasteiger partial charge is 0.469 e. The van der Waals surface area contributed by atoms with Gasteiger partial charge < -0.3 is 10.1 Å². The van der Waals surface area contributed by atoms with E-state index < -0.39 is 0 Å². The topological polar surface area (TPSA) is 38.3 Å². The summed E-state index contributed by atoms with van der Waals surface area (Å²) in [5, 5.41) is 3.40. The molecule has 0 saturated carbocycles. The highest BCUT2D eigenvalue weighted by Gasteiger charge is 2.17. The zero-order valence-corrected chi connectivity index (χ0v) is 10.8. The predicted molar refractivity (Wildman–Crippen MR) is 68.5 cm³/mol. The summed E-state index contributed by atoms with van der Waals surface area (Å²) >= 11 is 0. The third kappa shape index (κ3) is 5.00. The molecule has 0 radical (unpaired) electrons. The van der Waals surface area contributed by atoms with E-state index in [1.54, 1.807) is 0 Å². The zero-order valence-electron chi connectivity index (χ0n) is 10.8. The first-order valence-electron chi connectivity index (χ1n) is 5.97. The maximum absolute atomic E-state index is 11.3. The Kier molecular flexibility index (Phi) is 5.70. The summed E-state index contributed by atoms with van der Waals surface area (Å²) < 4.78 is 4.70. The van der Waals surface area contributed by atoms with Gasteiger partial charge >= 0.3 is 5.97 Å². The Morgan fingerprint density at radius 3 is 2.47 bits per heavy atom. The van der Waals surface area contributed by atoms with Crippen LogP contribution >= 0.6 is 0 Å². The number of hydrogen-bond donors (Lipinski definition) is 1. The van der Waals surface area contributed by atoms with Gasteiger partial charge in [0.2, 0.25) is 0 Å². The fourth-order valence-corrected chi connectivity index (χ4v) is 1.65. The highest BCUT2D eigenvalue weighted by Crippen LogP contribution is 2.08. The van der Waals surface area contributed by atoms with E-state index in [1.165, 1.54) is 12.7 Å². The number of nitrogens with one attached hydrogen (secondary N) is 1. The number of benzene rings is 1. The van der Waals surface area contributed by atoms with Crippen molar-refractivity contribution in [2.24, 2.45) is 5.92 Å². The predicted octanol–water partition coefficient (Wildman–Crippen LogP) is 2.36. The number of rotatable bonds is 6. The van der Waals surface area contributed by atoms with E-state index in [-0.39, 0.29) is 12.0 Å². The summed E-state index contributed by atoms with van der Waals surface area (Å²) in [5.74, 6) is 0.238. The van der Waals surface area contributed by atoms with Crippen molar-refractivity contribution in [1.82, 2.24) is 5.32 Å². The minimum Gasteiger partial charge on any atom is -0.469 e. The van der Waals surface area contributed by atoms with Gasteiger partial charge in [-0.25, -0.2) is 0 Å². The lowest BCUT2D eigenvalue weighted by Gasteiger charge is -2.21. The molecule has 3 heteroatoms. The summed E-state index contributed by atoms with van der Waals surface area (Å²) in [6.07, 6.45) is 0.418. The van der Waals surface area contributed by atoms with Crippen molar-refractivity contribution in [3.63, 3.8) is 0 Å². The van der Waals surface area contributed by atoms with Crippen molar-refractivity contribution >= 4 is 5.97 Å². The fraction of sp³-hybridized carbons (Fsp3) is 0.500. The first-order chi connectivity index (χ1) is 8.13. The molecule has 17 heavy (non-hydrogen) atoms. The van der Waals surface area contributed by atoms with Gasteiger partial charge in [-0.05, 0) is 11.5 Å². The van der Waals surface area contributed by atoms with E-state index in [2.05, 4.69) is 31.3 Å². The molecule has 0 spiro atoms. The van der Waals surface area contributed by atoms with Gasteiger partial charge in [-0.1, -0.05) is 44.2 Å². The van der Waals surface area contributed by atoms with Crippen LogP contribution in [0.15, 0.2) is 30.3 Å². The van der Waals surface area contributed by atoms with E-state index >= 15 is 0 Å². The Morgan fingerprint density at radius 1 is 1.29 bits per heavy atom. The van der Waals surface area contributed by atoms with Crippen LogP contribution < -0.4 is 5.32 Å². The summed E-state index contributed by atoms with van der Waals surface area (Å²) in [7, 11) is 1.43. The maximum atomic E-state index is 11.3. The standard InChI is InChI=1S/C14H21NO2/c1-11(2)13(9-14(16)17-3)15-10-12-7-5-4-6-8-12/h4-8,11,13,15H,9-10H2,1-3H3. The van der Waals surface area contributed by atoms with Crippen LogP contribution in [0.2, 0.25) is 0 Å². The van der Waals surface area contributed by atoms with E-state index in [9.17, 15) is 4.79 Å². The van der Waals surface area contributed by atoms with Gasteiger partial charge in [-0.15, -0.1) is 0 Å². The molecule has 0 aliphatic rings. The third-order valence-electron chi connectivity index (χ3n) is 2.83. The van der Waals surface area contributed by atoms with Crippen LogP contribution in [0.25, 0.3) is 0 Å². The SMILES string of the molecule is COC(=O)CC(NCc1ccccc1)C(C)C. The highest BCUT2D eigenvalue weighted by molar-refractivity contribution is 5.69. The Balaban J connectivity index is 2.47. The lowest BCUT2D eigenvalue weighted by molar-refractivity contribution is -0.141. The maximum Gasteiger partial charge on any atom is 0.307 e. The van der Waals surface area contributed by atoms with E-state index in [0.29, 0.717) is 12.3 Å². The summed E-state index contributed by atoms with van der Waals surface area (Å²) in [5.41, 5.74) is 1.23. The minimum atomic E-state index is -0.163. The Morgan fingerprint density at radius 2 is 1.94 bits per heavy atom. The molecule has 1 rings (SSSR count). The molecule has 0 fully saturated rings. The van der Waals surface area contributed by atoms with Crippen LogP contribution in [-0.4, -0.2) is 19.1 Å². The van der Waals surface area contributed by atoms with Crippen molar-refractivity contribution in [3.8, 4) is 0 Å². The number of carbonyl (C=O) groups is 1. The average Bonchev–Trinajstić information content (AvgIpc) is 2.35. The molecule has 0 amide bonds. The number of ether oxygens (including phenoxy) is 1. The first kappa shape index (κ1) is 13.7. The van der Waals surface area contributed by atoms with E-state index in [1.807, 2.05) is 18.2 Å².